The highest BCUT2D eigenvalue weighted by Gasteiger charge is 2.68. The summed E-state index contributed by atoms with van der Waals surface area (Å²) >= 11 is 6.03. The Bertz CT molecular complexity index is 969. The fourth-order valence-electron chi connectivity index (χ4n) is 7.88. The fourth-order valence-corrected chi connectivity index (χ4v) is 8.11. The molecule has 4 aliphatic carbocycles. The zero-order chi connectivity index (χ0) is 23.6. The zero-order valence-corrected chi connectivity index (χ0v) is 19.3. The molecule has 0 heterocycles. The quantitative estimate of drug-likeness (QED) is 0.443. The summed E-state index contributed by atoms with van der Waals surface area (Å²) in [6, 6.07) is 0. The summed E-state index contributed by atoms with van der Waals surface area (Å²) in [5.74, 6) is -2.44. The topological polar surface area (TPSA) is 91.7 Å². The van der Waals surface area contributed by atoms with Gasteiger partial charge in [0.1, 0.15) is 6.17 Å². The van der Waals surface area contributed by atoms with E-state index in [2.05, 4.69) is 6.58 Å². The van der Waals surface area contributed by atoms with Gasteiger partial charge in [-0.25, -0.2) is 4.39 Å². The van der Waals surface area contributed by atoms with Crippen LogP contribution < -0.4 is 0 Å². The van der Waals surface area contributed by atoms with Gasteiger partial charge in [0, 0.05) is 11.8 Å². The molecule has 7 heteroatoms. The van der Waals surface area contributed by atoms with E-state index >= 15 is 4.39 Å². The van der Waals surface area contributed by atoms with E-state index in [0.717, 1.165) is 0 Å². The summed E-state index contributed by atoms with van der Waals surface area (Å²) < 4.78 is 15.5. The van der Waals surface area contributed by atoms with E-state index in [0.29, 0.717) is 30.4 Å². The molecule has 4 aliphatic rings. The van der Waals surface area contributed by atoms with Crippen molar-refractivity contribution in [3.8, 4) is 0 Å². The van der Waals surface area contributed by atoms with E-state index in [9.17, 15) is 24.6 Å². The van der Waals surface area contributed by atoms with E-state index < -0.39 is 34.2 Å². The van der Waals surface area contributed by atoms with Crippen LogP contribution in [0.5, 0.6) is 0 Å². The van der Waals surface area contributed by atoms with Gasteiger partial charge in [0.15, 0.2) is 11.5 Å². The average molecular weight is 465 g/mol. The maximum absolute atomic E-state index is 15.5. The first-order valence-corrected chi connectivity index (χ1v) is 11.8. The minimum absolute atomic E-state index is 0.00301. The number of aliphatic hydroxyl groups is 1. The van der Waals surface area contributed by atoms with Gasteiger partial charge in [-0.1, -0.05) is 26.0 Å². The van der Waals surface area contributed by atoms with Crippen LogP contribution in [0.15, 0.2) is 35.6 Å². The third kappa shape index (κ3) is 2.91. The Labute approximate surface area is 192 Å². The number of carboxylic acid groups (broad SMARTS) is 1. The van der Waals surface area contributed by atoms with Crippen LogP contribution in [-0.4, -0.2) is 39.8 Å². The van der Waals surface area contributed by atoms with Crippen molar-refractivity contribution in [3.63, 3.8) is 0 Å². The van der Waals surface area contributed by atoms with Crippen LogP contribution in [0.4, 0.5) is 4.39 Å². The number of hydrogen-bond acceptors (Lipinski definition) is 4. The molecule has 174 valence electrons. The first-order chi connectivity index (χ1) is 14.9. The number of carbonyl (C=O) groups is 3. The number of alkyl halides is 2. The van der Waals surface area contributed by atoms with Crippen molar-refractivity contribution in [2.75, 3.05) is 5.88 Å². The van der Waals surface area contributed by atoms with Gasteiger partial charge in [-0.05, 0) is 73.0 Å². The Hall–Kier alpha value is -1.95. The Morgan fingerprint density at radius 2 is 2.00 bits per heavy atom. The Kier molecular flexibility index (Phi) is 5.47. The monoisotopic (exact) mass is 464 g/mol. The number of fused-ring (bicyclic) bond motifs is 5. The van der Waals surface area contributed by atoms with Crippen LogP contribution in [0, 0.1) is 34.0 Å². The van der Waals surface area contributed by atoms with Gasteiger partial charge in [-0.2, -0.15) is 0 Å². The zero-order valence-electron chi connectivity index (χ0n) is 18.5. The molecule has 0 aliphatic heterocycles. The molecule has 0 aromatic rings. The molecule has 0 radical (unpaired) electrons. The predicted octanol–water partition coefficient (Wildman–Crippen LogP) is 4.95. The van der Waals surface area contributed by atoms with Crippen LogP contribution in [0.25, 0.3) is 0 Å². The van der Waals surface area contributed by atoms with Crippen molar-refractivity contribution >= 4 is 29.1 Å². The molecule has 0 aromatic heterocycles. The summed E-state index contributed by atoms with van der Waals surface area (Å²) in [5, 5.41) is 19.5. The van der Waals surface area contributed by atoms with Gasteiger partial charge in [-0.15, -0.1) is 11.6 Å². The van der Waals surface area contributed by atoms with Crippen LogP contribution in [-0.2, 0) is 14.4 Å². The number of hydrogen-bond donors (Lipinski definition) is 2. The highest BCUT2D eigenvalue weighted by Crippen LogP contribution is 2.72. The van der Waals surface area contributed by atoms with Crippen molar-refractivity contribution in [1.82, 2.24) is 0 Å². The molecule has 0 aromatic carbocycles. The lowest BCUT2D eigenvalue weighted by molar-refractivity contribution is -0.143. The summed E-state index contributed by atoms with van der Waals surface area (Å²) in [5.41, 5.74) is -1.24. The van der Waals surface area contributed by atoms with Crippen molar-refractivity contribution < 1.29 is 29.0 Å². The number of carboxylic acids is 1. The molecule has 3 fully saturated rings. The van der Waals surface area contributed by atoms with Crippen LogP contribution >= 0.6 is 11.6 Å². The molecular weight excluding hydrogens is 435 g/mol. The van der Waals surface area contributed by atoms with E-state index in [1.807, 2.05) is 13.8 Å². The van der Waals surface area contributed by atoms with Gasteiger partial charge in [0.25, 0.3) is 0 Å². The summed E-state index contributed by atoms with van der Waals surface area (Å²) in [6.07, 6.45) is 3.52. The Morgan fingerprint density at radius 3 is 2.62 bits per heavy atom. The summed E-state index contributed by atoms with van der Waals surface area (Å²) in [6.45, 7) is 8.14. The highest BCUT2D eigenvalue weighted by atomic mass is 35.5. The summed E-state index contributed by atoms with van der Waals surface area (Å²) in [4.78, 5) is 36.7. The van der Waals surface area contributed by atoms with Crippen molar-refractivity contribution in [2.45, 2.75) is 58.5 Å². The molecule has 5 nitrogen and oxygen atoms in total. The van der Waals surface area contributed by atoms with Gasteiger partial charge >= 0.3 is 5.97 Å². The molecule has 0 saturated heterocycles. The van der Waals surface area contributed by atoms with E-state index in [1.165, 1.54) is 12.2 Å². The minimum atomic E-state index is -1.32. The molecule has 7 atom stereocenters. The fraction of sp³-hybridized carbons (Fsp3) is 0.640. The number of aliphatic hydroxyl groups excluding tert-OH is 1. The lowest BCUT2D eigenvalue weighted by Crippen LogP contribution is -2.56. The van der Waals surface area contributed by atoms with E-state index in [1.54, 1.807) is 0 Å². The molecule has 32 heavy (non-hydrogen) atoms. The lowest BCUT2D eigenvalue weighted by atomic mass is 9.44. The van der Waals surface area contributed by atoms with Gasteiger partial charge in [0.05, 0.1) is 11.3 Å². The number of rotatable bonds is 5. The van der Waals surface area contributed by atoms with E-state index in [-0.39, 0.29) is 54.4 Å². The normalized spacial score (nSPS) is 43.0. The third-order valence-corrected chi connectivity index (χ3v) is 9.61. The van der Waals surface area contributed by atoms with Gasteiger partial charge < -0.3 is 10.2 Å². The van der Waals surface area contributed by atoms with Crippen LogP contribution in [0.2, 0.25) is 0 Å². The second-order valence-corrected chi connectivity index (χ2v) is 10.7. The molecule has 0 unspecified atom stereocenters. The average Bonchev–Trinajstić information content (AvgIpc) is 2.95. The van der Waals surface area contributed by atoms with Crippen LogP contribution in [0.1, 0.15) is 52.4 Å². The Balaban J connectivity index is 1.78. The predicted molar refractivity (Wildman–Crippen MR) is 118 cm³/mol. The SMILES string of the molecule is C=C1C[C@H]2[C@@H]3C[C@H](F)C4=CC(=O)C(O)=C[C@]4(C)[C@H]3CC[C@]2(C)[C@@]1(CCC(=O)O)C(=O)CCl. The third-order valence-electron chi connectivity index (χ3n) is 9.37. The summed E-state index contributed by atoms with van der Waals surface area (Å²) in [7, 11) is 0. The standard InChI is InChI=1S/C25H30ClFO5/c1-13-8-16-14-9-18(27)17-10-19(28)20(29)11-23(17,2)15(14)4-6-24(16,3)25(13,21(30)12-26)7-5-22(31)32/h10-11,14-16,18,29H,1,4-9,12H2,2-3H3,(H,31,32)/t14-,15+,16+,18+,23-,24+,25-/m1/s1. The number of aliphatic carboxylic acids is 1. The van der Waals surface area contributed by atoms with Crippen molar-refractivity contribution in [1.29, 1.82) is 0 Å². The van der Waals surface area contributed by atoms with Crippen molar-refractivity contribution in [3.05, 3.63) is 35.6 Å². The largest absolute Gasteiger partial charge is 0.504 e. The number of carbonyl (C=O) groups excluding carboxylic acids is 2. The second-order valence-electron chi connectivity index (χ2n) is 10.5. The van der Waals surface area contributed by atoms with E-state index in [4.69, 9.17) is 11.6 Å². The highest BCUT2D eigenvalue weighted by molar-refractivity contribution is 6.28. The lowest BCUT2D eigenvalue weighted by Gasteiger charge is -2.59. The molecular formula is C25H30ClFO5. The first kappa shape index (κ1) is 23.2. The molecule has 2 N–H and O–H groups in total. The maximum Gasteiger partial charge on any atom is 0.303 e. The number of halogens is 2. The number of Topliss-reactive ketones (excluding diaryl/α,β-unsaturated/α-hetero) is 1. The molecule has 4 rings (SSSR count). The molecule has 0 spiro atoms. The maximum atomic E-state index is 15.5. The molecule has 3 saturated carbocycles. The molecule has 0 amide bonds. The number of allylic oxidation sites excluding steroid dienone is 4. The molecule has 0 bridgehead atoms. The van der Waals surface area contributed by atoms with Gasteiger partial charge in [-0.3, -0.25) is 14.4 Å². The number of ketones is 2. The van der Waals surface area contributed by atoms with Crippen molar-refractivity contribution in [2.24, 2.45) is 34.0 Å². The van der Waals surface area contributed by atoms with Gasteiger partial charge in [0.2, 0.25) is 5.78 Å². The smallest absolute Gasteiger partial charge is 0.303 e. The van der Waals surface area contributed by atoms with Crippen LogP contribution in [0.3, 0.4) is 0 Å². The Morgan fingerprint density at radius 1 is 1.31 bits per heavy atom. The second kappa shape index (κ2) is 7.54. The first-order valence-electron chi connectivity index (χ1n) is 11.2. The minimum Gasteiger partial charge on any atom is -0.504 e.